The lowest BCUT2D eigenvalue weighted by Crippen LogP contribution is -1.98. The second kappa shape index (κ2) is 2.25. The summed E-state index contributed by atoms with van der Waals surface area (Å²) >= 11 is 0. The van der Waals surface area contributed by atoms with Crippen LogP contribution in [0.15, 0.2) is 24.3 Å². The number of rotatable bonds is 0. The van der Waals surface area contributed by atoms with E-state index in [1.54, 1.807) is 0 Å². The molecule has 0 spiro atoms. The molecule has 1 aromatic heterocycles. The van der Waals surface area contributed by atoms with E-state index in [1.165, 1.54) is 11.3 Å². The largest absolute Gasteiger partial charge is 0.251 e. The summed E-state index contributed by atoms with van der Waals surface area (Å²) in [4.78, 5) is 4.14. The van der Waals surface area contributed by atoms with E-state index < -0.39 is 0 Å². The Morgan fingerprint density at radius 3 is 3.10 bits per heavy atom. The van der Waals surface area contributed by atoms with Crippen LogP contribution in [-0.4, -0.2) is 4.98 Å². The van der Waals surface area contributed by atoms with E-state index in [1.807, 2.05) is 6.07 Å². The minimum Gasteiger partial charge on any atom is -0.251 e. The first kappa shape index (κ1) is 5.66. The molecular weight excluding hydrogens is 122 g/mol. The summed E-state index contributed by atoms with van der Waals surface area (Å²) in [6.07, 6.45) is 9.19. The van der Waals surface area contributed by atoms with Crippen LogP contribution in [-0.2, 0) is 12.8 Å². The molecular formula is C9H8N. The molecule has 1 aliphatic rings. The van der Waals surface area contributed by atoms with Crippen molar-refractivity contribution < 1.29 is 0 Å². The van der Waals surface area contributed by atoms with E-state index >= 15 is 0 Å². The Bertz CT molecular complexity index is 236. The summed E-state index contributed by atoms with van der Waals surface area (Å²) in [5.41, 5.74) is 2.53. The monoisotopic (exact) mass is 130 g/mol. The van der Waals surface area contributed by atoms with Gasteiger partial charge in [-0.15, -0.1) is 0 Å². The quantitative estimate of drug-likeness (QED) is 0.485. The SMILES string of the molecule is [c]1ccc2c(n1)CC=CC2. The van der Waals surface area contributed by atoms with Gasteiger partial charge in [-0.05, 0) is 18.1 Å². The molecule has 1 radical (unpaired) electrons. The van der Waals surface area contributed by atoms with E-state index in [2.05, 4.69) is 29.4 Å². The zero-order valence-corrected chi connectivity index (χ0v) is 5.67. The van der Waals surface area contributed by atoms with Gasteiger partial charge in [0.05, 0.1) is 6.20 Å². The fraction of sp³-hybridized carbons (Fsp3) is 0.222. The summed E-state index contributed by atoms with van der Waals surface area (Å²) < 4.78 is 0. The summed E-state index contributed by atoms with van der Waals surface area (Å²) in [6, 6.07) is 3.96. The van der Waals surface area contributed by atoms with Crippen LogP contribution in [0, 0.1) is 6.20 Å². The van der Waals surface area contributed by atoms with Crippen molar-refractivity contribution in [2.24, 2.45) is 0 Å². The van der Waals surface area contributed by atoms with Gasteiger partial charge in [0.15, 0.2) is 0 Å². The molecule has 1 aromatic rings. The molecule has 1 heteroatoms. The molecule has 0 amide bonds. The van der Waals surface area contributed by atoms with Crippen molar-refractivity contribution in [1.82, 2.24) is 4.98 Å². The lowest BCUT2D eigenvalue weighted by Gasteiger charge is -2.06. The highest BCUT2D eigenvalue weighted by Gasteiger charge is 2.02. The van der Waals surface area contributed by atoms with Crippen molar-refractivity contribution >= 4 is 0 Å². The molecule has 10 heavy (non-hydrogen) atoms. The Kier molecular flexibility index (Phi) is 1.28. The summed E-state index contributed by atoms with van der Waals surface area (Å²) in [5.74, 6) is 0. The molecule has 1 heterocycles. The first-order chi connectivity index (χ1) is 4.97. The van der Waals surface area contributed by atoms with Gasteiger partial charge in [0.1, 0.15) is 0 Å². The van der Waals surface area contributed by atoms with Gasteiger partial charge in [0.2, 0.25) is 0 Å². The van der Waals surface area contributed by atoms with E-state index in [-0.39, 0.29) is 0 Å². The van der Waals surface area contributed by atoms with Crippen LogP contribution in [0.1, 0.15) is 11.3 Å². The van der Waals surface area contributed by atoms with E-state index in [4.69, 9.17) is 0 Å². The standard InChI is InChI=1S/C9H8N/c1-2-6-9-8(4-1)5-3-7-10-9/h1-3,5H,4,6H2. The van der Waals surface area contributed by atoms with Gasteiger partial charge < -0.3 is 0 Å². The zero-order valence-electron chi connectivity index (χ0n) is 5.67. The van der Waals surface area contributed by atoms with E-state index in [9.17, 15) is 0 Å². The van der Waals surface area contributed by atoms with Crippen LogP contribution in [0.4, 0.5) is 0 Å². The van der Waals surface area contributed by atoms with Crippen molar-refractivity contribution in [2.75, 3.05) is 0 Å². The highest BCUT2D eigenvalue weighted by atomic mass is 14.7. The third kappa shape index (κ3) is 0.838. The molecule has 0 bridgehead atoms. The molecule has 0 saturated carbocycles. The average Bonchev–Trinajstić information content (AvgIpc) is 2.05. The molecule has 0 N–H and O–H groups in total. The van der Waals surface area contributed by atoms with Crippen molar-refractivity contribution in [3.63, 3.8) is 0 Å². The van der Waals surface area contributed by atoms with Gasteiger partial charge in [-0.25, -0.2) is 0 Å². The maximum absolute atomic E-state index is 4.14. The minimum absolute atomic E-state index is 0.979. The Hall–Kier alpha value is -1.11. The van der Waals surface area contributed by atoms with Crippen molar-refractivity contribution in [1.29, 1.82) is 0 Å². The Balaban J connectivity index is 2.47. The molecule has 0 atom stereocenters. The smallest absolute Gasteiger partial charge is 0.0889 e. The van der Waals surface area contributed by atoms with Crippen LogP contribution < -0.4 is 0 Å². The second-order valence-electron chi connectivity index (χ2n) is 2.43. The average molecular weight is 130 g/mol. The maximum atomic E-state index is 4.14. The number of nitrogens with zero attached hydrogens (tertiary/aromatic N) is 1. The third-order valence-corrected chi connectivity index (χ3v) is 1.74. The number of fused-ring (bicyclic) bond motifs is 1. The van der Waals surface area contributed by atoms with Crippen LogP contribution in [0.2, 0.25) is 0 Å². The Labute approximate surface area is 60.4 Å². The lowest BCUT2D eigenvalue weighted by atomic mass is 10.0. The zero-order chi connectivity index (χ0) is 6.81. The van der Waals surface area contributed by atoms with Crippen LogP contribution >= 0.6 is 0 Å². The molecule has 0 aromatic carbocycles. The summed E-state index contributed by atoms with van der Waals surface area (Å²) in [7, 11) is 0. The third-order valence-electron chi connectivity index (χ3n) is 1.74. The fourth-order valence-corrected chi connectivity index (χ4v) is 1.19. The first-order valence-corrected chi connectivity index (χ1v) is 3.46. The van der Waals surface area contributed by atoms with Crippen molar-refractivity contribution in [3.8, 4) is 0 Å². The normalized spacial score (nSPS) is 14.8. The van der Waals surface area contributed by atoms with E-state index in [0.29, 0.717) is 0 Å². The molecule has 49 valence electrons. The van der Waals surface area contributed by atoms with Crippen LogP contribution in [0.3, 0.4) is 0 Å². The molecule has 0 saturated heterocycles. The van der Waals surface area contributed by atoms with Gasteiger partial charge in [-0.2, -0.15) is 0 Å². The maximum Gasteiger partial charge on any atom is 0.0889 e. The van der Waals surface area contributed by atoms with Crippen LogP contribution in [0.25, 0.3) is 0 Å². The number of pyridine rings is 1. The highest BCUT2D eigenvalue weighted by Crippen LogP contribution is 2.11. The molecule has 1 aliphatic carbocycles. The topological polar surface area (TPSA) is 12.9 Å². The predicted molar refractivity (Wildman–Crippen MR) is 39.6 cm³/mol. The highest BCUT2D eigenvalue weighted by molar-refractivity contribution is 5.27. The number of hydrogen-bond donors (Lipinski definition) is 0. The number of aromatic nitrogens is 1. The van der Waals surface area contributed by atoms with Crippen molar-refractivity contribution in [3.05, 3.63) is 41.7 Å². The number of hydrogen-bond acceptors (Lipinski definition) is 1. The Morgan fingerprint density at radius 2 is 2.20 bits per heavy atom. The lowest BCUT2D eigenvalue weighted by molar-refractivity contribution is 1.000. The predicted octanol–water partition coefficient (Wildman–Crippen LogP) is 1.54. The Morgan fingerprint density at radius 1 is 1.30 bits per heavy atom. The van der Waals surface area contributed by atoms with E-state index in [0.717, 1.165) is 12.8 Å². The van der Waals surface area contributed by atoms with Gasteiger partial charge in [-0.1, -0.05) is 18.2 Å². The van der Waals surface area contributed by atoms with Gasteiger partial charge in [0.25, 0.3) is 0 Å². The van der Waals surface area contributed by atoms with Crippen LogP contribution in [0.5, 0.6) is 0 Å². The minimum atomic E-state index is 0.979. The molecule has 0 aliphatic heterocycles. The molecule has 0 unspecified atom stereocenters. The van der Waals surface area contributed by atoms with Gasteiger partial charge >= 0.3 is 0 Å². The first-order valence-electron chi connectivity index (χ1n) is 3.46. The van der Waals surface area contributed by atoms with Gasteiger partial charge in [0, 0.05) is 12.1 Å². The summed E-state index contributed by atoms with van der Waals surface area (Å²) in [6.45, 7) is 0. The summed E-state index contributed by atoms with van der Waals surface area (Å²) in [5, 5.41) is 0. The van der Waals surface area contributed by atoms with Gasteiger partial charge in [-0.3, -0.25) is 4.98 Å². The van der Waals surface area contributed by atoms with Crippen molar-refractivity contribution in [2.45, 2.75) is 12.8 Å². The molecule has 2 rings (SSSR count). The molecule has 0 fully saturated rings. The second-order valence-corrected chi connectivity index (χ2v) is 2.43. The molecule has 1 nitrogen and oxygen atoms in total. The fourth-order valence-electron chi connectivity index (χ4n) is 1.19. The number of allylic oxidation sites excluding steroid dienone is 2.